The number of likely N-dealkylation sites (tertiary alicyclic amines) is 1. The zero-order valence-electron chi connectivity index (χ0n) is 19.2. The van der Waals surface area contributed by atoms with Crippen LogP contribution in [0.15, 0.2) is 54.6 Å². The first-order valence-corrected chi connectivity index (χ1v) is 11.6. The number of rotatable bonds is 6. The molecule has 7 nitrogen and oxygen atoms in total. The Labute approximate surface area is 197 Å². The van der Waals surface area contributed by atoms with Gasteiger partial charge in [-0.3, -0.25) is 4.79 Å². The number of aryl methyl sites for hydroxylation is 2. The van der Waals surface area contributed by atoms with E-state index in [1.165, 1.54) is 12.1 Å². The van der Waals surface area contributed by atoms with Crippen molar-refractivity contribution in [2.75, 3.05) is 13.1 Å². The maximum atomic E-state index is 13.6. The molecule has 1 aliphatic heterocycles. The monoisotopic (exact) mass is 462 g/mol. The maximum Gasteiger partial charge on any atom is 0.414 e. The first-order valence-electron chi connectivity index (χ1n) is 11.6. The van der Waals surface area contributed by atoms with E-state index in [0.717, 1.165) is 23.2 Å². The van der Waals surface area contributed by atoms with E-state index < -0.39 is 6.09 Å². The fraction of sp³-hybridized carbons (Fsp3) is 0.346. The van der Waals surface area contributed by atoms with Gasteiger partial charge >= 0.3 is 6.09 Å². The van der Waals surface area contributed by atoms with Gasteiger partial charge < -0.3 is 15.0 Å². The molecule has 1 saturated carbocycles. The Kier molecular flexibility index (Phi) is 5.81. The summed E-state index contributed by atoms with van der Waals surface area (Å²) in [6, 6.07) is 15.2. The van der Waals surface area contributed by atoms with Crippen LogP contribution in [-0.4, -0.2) is 45.8 Å². The first kappa shape index (κ1) is 22.1. The van der Waals surface area contributed by atoms with E-state index in [1.54, 1.807) is 28.9 Å². The standard InChI is InChI=1S/C26H27FN4O3/c1-3-31-24(12-16(2)29-31)34-26(33)28-14-23-22-13-18(22)15-30(23)25(32)21-7-5-4-6-20(21)17-8-10-19(27)11-9-17/h4-12,18,22-23H,3,13-15H2,1-2H3,(H,28,33)/t18-,22-,23+/m0/s1. The van der Waals surface area contributed by atoms with Gasteiger partial charge in [-0.05, 0) is 61.4 Å². The molecule has 3 atom stereocenters. The normalized spacial score (nSPS) is 20.7. The number of amides is 2. The largest absolute Gasteiger partial charge is 0.414 e. The lowest BCUT2D eigenvalue weighted by molar-refractivity contribution is 0.0705. The highest BCUT2D eigenvalue weighted by Crippen LogP contribution is 2.50. The van der Waals surface area contributed by atoms with Gasteiger partial charge in [0.15, 0.2) is 0 Å². The number of aromatic nitrogens is 2. The van der Waals surface area contributed by atoms with Gasteiger partial charge in [-0.1, -0.05) is 30.3 Å². The highest BCUT2D eigenvalue weighted by Gasteiger charge is 2.54. The van der Waals surface area contributed by atoms with Crippen LogP contribution in [0.4, 0.5) is 9.18 Å². The van der Waals surface area contributed by atoms with Crippen molar-refractivity contribution >= 4 is 12.0 Å². The van der Waals surface area contributed by atoms with Gasteiger partial charge in [0.25, 0.3) is 5.91 Å². The summed E-state index contributed by atoms with van der Waals surface area (Å²) in [6.45, 7) is 5.36. The highest BCUT2D eigenvalue weighted by molar-refractivity contribution is 6.01. The average molecular weight is 463 g/mol. The molecule has 8 heteroatoms. The van der Waals surface area contributed by atoms with Crippen molar-refractivity contribution in [2.45, 2.75) is 32.9 Å². The zero-order chi connectivity index (χ0) is 23.8. The van der Waals surface area contributed by atoms with E-state index >= 15 is 0 Å². The van der Waals surface area contributed by atoms with Crippen molar-refractivity contribution in [3.63, 3.8) is 0 Å². The third-order valence-corrected chi connectivity index (χ3v) is 6.69. The van der Waals surface area contributed by atoms with Crippen molar-refractivity contribution < 1.29 is 18.7 Å². The fourth-order valence-electron chi connectivity index (χ4n) is 4.92. The molecule has 2 aliphatic rings. The zero-order valence-corrected chi connectivity index (χ0v) is 19.2. The lowest BCUT2D eigenvalue weighted by atomic mass is 9.98. The maximum absolute atomic E-state index is 13.6. The van der Waals surface area contributed by atoms with Crippen molar-refractivity contribution in [1.82, 2.24) is 20.0 Å². The molecule has 1 saturated heterocycles. The summed E-state index contributed by atoms with van der Waals surface area (Å²) in [5.74, 6) is 0.850. The highest BCUT2D eigenvalue weighted by atomic mass is 19.1. The van der Waals surface area contributed by atoms with Crippen LogP contribution in [-0.2, 0) is 6.54 Å². The van der Waals surface area contributed by atoms with Gasteiger partial charge in [0.1, 0.15) is 5.82 Å². The second kappa shape index (κ2) is 8.93. The van der Waals surface area contributed by atoms with E-state index in [9.17, 15) is 14.0 Å². The third kappa shape index (κ3) is 4.27. The number of hydrogen-bond acceptors (Lipinski definition) is 4. The Bertz CT molecular complexity index is 1220. The Morgan fingerprint density at radius 2 is 1.94 bits per heavy atom. The van der Waals surface area contributed by atoms with Gasteiger partial charge in [-0.25, -0.2) is 13.9 Å². The predicted octanol–water partition coefficient (Wildman–Crippen LogP) is 4.27. The minimum Gasteiger partial charge on any atom is -0.392 e. The average Bonchev–Trinajstić information content (AvgIpc) is 3.38. The molecule has 2 fully saturated rings. The number of piperidine rings is 1. The summed E-state index contributed by atoms with van der Waals surface area (Å²) >= 11 is 0. The summed E-state index contributed by atoms with van der Waals surface area (Å²) in [4.78, 5) is 27.9. The van der Waals surface area contributed by atoms with Crippen LogP contribution >= 0.6 is 0 Å². The fourth-order valence-corrected chi connectivity index (χ4v) is 4.92. The lowest BCUT2D eigenvalue weighted by Crippen LogP contribution is -2.46. The van der Waals surface area contributed by atoms with Crippen LogP contribution in [0.5, 0.6) is 5.88 Å². The quantitative estimate of drug-likeness (QED) is 0.594. The molecular weight excluding hydrogens is 435 g/mol. The number of nitrogens with zero attached hydrogens (tertiary/aromatic N) is 3. The molecule has 2 heterocycles. The van der Waals surface area contributed by atoms with Crippen molar-refractivity contribution in [2.24, 2.45) is 11.8 Å². The van der Waals surface area contributed by atoms with Crippen LogP contribution in [0.3, 0.4) is 0 Å². The molecule has 0 bridgehead atoms. The number of nitrogens with one attached hydrogen (secondary N) is 1. The molecule has 1 N–H and O–H groups in total. The summed E-state index contributed by atoms with van der Waals surface area (Å²) < 4.78 is 20.5. The van der Waals surface area contributed by atoms with E-state index in [1.807, 2.05) is 36.9 Å². The number of carbonyl (C=O) groups excluding carboxylic acids is 2. The van der Waals surface area contributed by atoms with Crippen LogP contribution < -0.4 is 10.1 Å². The lowest BCUT2D eigenvalue weighted by Gasteiger charge is -2.28. The molecule has 34 heavy (non-hydrogen) atoms. The Hall–Kier alpha value is -3.68. The van der Waals surface area contributed by atoms with Gasteiger partial charge in [-0.15, -0.1) is 0 Å². The van der Waals surface area contributed by atoms with Gasteiger partial charge in [-0.2, -0.15) is 5.10 Å². The van der Waals surface area contributed by atoms with E-state index in [2.05, 4.69) is 10.4 Å². The molecule has 1 aromatic heterocycles. The second-order valence-corrected chi connectivity index (χ2v) is 8.95. The molecule has 0 radical (unpaired) electrons. The molecular formula is C26H27FN4O3. The summed E-state index contributed by atoms with van der Waals surface area (Å²) in [5, 5.41) is 7.13. The van der Waals surface area contributed by atoms with Crippen molar-refractivity contribution in [3.05, 3.63) is 71.7 Å². The molecule has 3 aromatic rings. The van der Waals surface area contributed by atoms with Gasteiger partial charge in [0.2, 0.25) is 5.88 Å². The van der Waals surface area contributed by atoms with Crippen molar-refractivity contribution in [1.29, 1.82) is 0 Å². The molecule has 0 spiro atoms. The molecule has 176 valence electrons. The minimum atomic E-state index is -0.558. The Morgan fingerprint density at radius 3 is 2.71 bits per heavy atom. The van der Waals surface area contributed by atoms with E-state index in [-0.39, 0.29) is 17.8 Å². The topological polar surface area (TPSA) is 76.5 Å². The number of hydrogen-bond donors (Lipinski definition) is 1. The Balaban J connectivity index is 1.30. The van der Waals surface area contributed by atoms with E-state index in [4.69, 9.17) is 4.74 Å². The minimum absolute atomic E-state index is 0.0769. The SMILES string of the molecule is CCn1nc(C)cc1OC(=O)NC[C@@H]1[C@H]2C[C@H]2CN1C(=O)c1ccccc1-c1ccc(F)cc1. The number of halogens is 1. The Morgan fingerprint density at radius 1 is 1.18 bits per heavy atom. The molecule has 5 rings (SSSR count). The van der Waals surface area contributed by atoms with Crippen molar-refractivity contribution in [3.8, 4) is 17.0 Å². The summed E-state index contributed by atoms with van der Waals surface area (Å²) in [7, 11) is 0. The van der Waals surface area contributed by atoms with Crippen LogP contribution in [0.2, 0.25) is 0 Å². The number of ether oxygens (including phenoxy) is 1. The molecule has 1 aliphatic carbocycles. The molecule has 2 aromatic carbocycles. The summed E-state index contributed by atoms with van der Waals surface area (Å²) in [5.41, 5.74) is 2.90. The third-order valence-electron chi connectivity index (χ3n) is 6.69. The van der Waals surface area contributed by atoms with Gasteiger partial charge in [0, 0.05) is 31.3 Å². The van der Waals surface area contributed by atoms with Crippen LogP contribution in [0.25, 0.3) is 11.1 Å². The second-order valence-electron chi connectivity index (χ2n) is 8.95. The smallest absolute Gasteiger partial charge is 0.392 e. The van der Waals surface area contributed by atoms with E-state index in [0.29, 0.717) is 42.9 Å². The summed E-state index contributed by atoms with van der Waals surface area (Å²) in [6.07, 6.45) is 0.505. The van der Waals surface area contributed by atoms with Crippen LogP contribution in [0.1, 0.15) is 29.4 Å². The number of carbonyl (C=O) groups is 2. The predicted molar refractivity (Wildman–Crippen MR) is 125 cm³/mol. The number of benzene rings is 2. The number of fused-ring (bicyclic) bond motifs is 1. The molecule has 0 unspecified atom stereocenters. The van der Waals surface area contributed by atoms with Crippen LogP contribution in [0, 0.1) is 24.6 Å². The first-order chi connectivity index (χ1) is 16.4. The van der Waals surface area contributed by atoms with Gasteiger partial charge in [0.05, 0.1) is 11.7 Å². The molecule has 2 amide bonds.